The minimum Gasteiger partial charge on any atom is -0.394 e. The largest absolute Gasteiger partial charge is 0.394 e. The molecule has 1 aromatic carbocycles. The maximum atomic E-state index is 13.3. The zero-order chi connectivity index (χ0) is 22.5. The summed E-state index contributed by atoms with van der Waals surface area (Å²) in [5.74, 6) is 0.122. The Kier molecular flexibility index (Phi) is 6.77. The van der Waals surface area contributed by atoms with E-state index in [4.69, 9.17) is 4.74 Å². The van der Waals surface area contributed by atoms with Gasteiger partial charge >= 0.3 is 0 Å². The van der Waals surface area contributed by atoms with E-state index in [1.807, 2.05) is 6.92 Å². The van der Waals surface area contributed by atoms with E-state index in [0.717, 1.165) is 19.3 Å². The molecule has 0 unspecified atom stereocenters. The van der Waals surface area contributed by atoms with Gasteiger partial charge in [-0.05, 0) is 31.4 Å². The lowest BCUT2D eigenvalue weighted by Crippen LogP contribution is -2.36. The molecule has 0 saturated carbocycles. The number of rotatable bonds is 8. The van der Waals surface area contributed by atoms with Crippen LogP contribution in [0.3, 0.4) is 0 Å². The smallest absolute Gasteiger partial charge is 0.251 e. The molecule has 1 amide bonds. The fourth-order valence-corrected chi connectivity index (χ4v) is 3.81. The summed E-state index contributed by atoms with van der Waals surface area (Å²) in [5, 5.41) is 16.0. The Balaban J connectivity index is 1.60. The van der Waals surface area contributed by atoms with Crippen LogP contribution in [0.25, 0.3) is 11.0 Å². The number of hydrogen-bond donors (Lipinski definition) is 4. The van der Waals surface area contributed by atoms with E-state index in [2.05, 4.69) is 25.6 Å². The third kappa shape index (κ3) is 4.63. The van der Waals surface area contributed by atoms with Crippen LogP contribution < -0.4 is 10.6 Å². The van der Waals surface area contributed by atoms with Crippen LogP contribution in [0.2, 0.25) is 0 Å². The van der Waals surface area contributed by atoms with Crippen molar-refractivity contribution in [2.75, 3.05) is 25.1 Å². The van der Waals surface area contributed by atoms with Gasteiger partial charge in [-0.3, -0.25) is 9.59 Å². The van der Waals surface area contributed by atoms with E-state index in [1.165, 1.54) is 6.33 Å². The molecular weight excluding hydrogens is 410 g/mol. The lowest BCUT2D eigenvalue weighted by molar-refractivity contribution is -0.0224. The molecule has 9 nitrogen and oxygen atoms in total. The van der Waals surface area contributed by atoms with Crippen LogP contribution in [0.15, 0.2) is 36.8 Å². The number of amides is 1. The fourth-order valence-electron chi connectivity index (χ4n) is 3.81. The molecular formula is C23H27N5O4. The first-order valence-corrected chi connectivity index (χ1v) is 10.8. The van der Waals surface area contributed by atoms with Crippen molar-refractivity contribution >= 4 is 28.5 Å². The summed E-state index contributed by atoms with van der Waals surface area (Å²) >= 11 is 0. The average Bonchev–Trinajstić information content (AvgIpc) is 3.28. The van der Waals surface area contributed by atoms with Gasteiger partial charge in [0.05, 0.1) is 36.3 Å². The van der Waals surface area contributed by atoms with Crippen LogP contribution in [0.5, 0.6) is 0 Å². The molecule has 2 atom stereocenters. The number of nitrogens with one attached hydrogen (secondary N) is 3. The van der Waals surface area contributed by atoms with Crippen molar-refractivity contribution in [2.24, 2.45) is 0 Å². The number of aliphatic hydroxyl groups excluding tert-OH is 1. The number of aliphatic hydroxyl groups is 1. The molecule has 1 aliphatic heterocycles. The van der Waals surface area contributed by atoms with Crippen molar-refractivity contribution in [2.45, 2.75) is 38.3 Å². The predicted octanol–water partition coefficient (Wildman–Crippen LogP) is 2.28. The van der Waals surface area contributed by atoms with Gasteiger partial charge in [0.1, 0.15) is 17.8 Å². The summed E-state index contributed by atoms with van der Waals surface area (Å²) in [6, 6.07) is 6.70. The Bertz CT molecular complexity index is 1100. The van der Waals surface area contributed by atoms with E-state index in [-0.39, 0.29) is 30.4 Å². The molecule has 1 fully saturated rings. The highest BCUT2D eigenvalue weighted by molar-refractivity contribution is 6.18. The van der Waals surface area contributed by atoms with Crippen molar-refractivity contribution in [1.82, 2.24) is 20.3 Å². The van der Waals surface area contributed by atoms with E-state index >= 15 is 0 Å². The molecule has 3 heterocycles. The van der Waals surface area contributed by atoms with Crippen LogP contribution >= 0.6 is 0 Å². The van der Waals surface area contributed by atoms with Gasteiger partial charge in [0, 0.05) is 23.9 Å². The highest BCUT2D eigenvalue weighted by Crippen LogP contribution is 2.27. The van der Waals surface area contributed by atoms with Crippen molar-refractivity contribution in [3.05, 3.63) is 53.5 Å². The standard InChI is InChI=1S/C23H27N5O4/c1-2-8-24-23(31)15-5-3-4-14(9-15)20(30)18-10-25-21-19(18)22(27-13-26-21)28-16-6-7-17(11-29)32-12-16/h3-5,9-10,13,16-17,29H,2,6-8,11-12H2,1H3,(H,24,31)(H2,25,26,27,28)/t16-,17+/m1/s1. The molecule has 1 saturated heterocycles. The molecule has 9 heteroatoms. The monoisotopic (exact) mass is 437 g/mol. The summed E-state index contributed by atoms with van der Waals surface area (Å²) in [6.07, 6.45) is 5.32. The SMILES string of the molecule is CCCNC(=O)c1cccc(C(=O)c2c[nH]c3ncnc(N[C@@H]4CC[C@@H](CO)OC4)c23)c1. The third-order valence-corrected chi connectivity index (χ3v) is 5.55. The van der Waals surface area contributed by atoms with E-state index < -0.39 is 0 Å². The van der Waals surface area contributed by atoms with Gasteiger partial charge in [0.15, 0.2) is 5.78 Å². The molecule has 2 aromatic heterocycles. The Hall–Kier alpha value is -3.30. The second-order valence-corrected chi connectivity index (χ2v) is 7.87. The number of hydrogen-bond acceptors (Lipinski definition) is 7. The first kappa shape index (κ1) is 21.9. The quantitative estimate of drug-likeness (QED) is 0.398. The minimum atomic E-state index is -0.223. The molecule has 0 radical (unpaired) electrons. The van der Waals surface area contributed by atoms with E-state index in [9.17, 15) is 14.7 Å². The highest BCUT2D eigenvalue weighted by atomic mass is 16.5. The van der Waals surface area contributed by atoms with Gasteiger partial charge in [-0.25, -0.2) is 9.97 Å². The van der Waals surface area contributed by atoms with Gasteiger partial charge in [-0.15, -0.1) is 0 Å². The number of ether oxygens (including phenoxy) is 1. The summed E-state index contributed by atoms with van der Waals surface area (Å²) in [5.41, 5.74) is 1.83. The number of benzene rings is 1. The maximum Gasteiger partial charge on any atom is 0.251 e. The number of anilines is 1. The summed E-state index contributed by atoms with van der Waals surface area (Å²) in [7, 11) is 0. The molecule has 0 spiro atoms. The zero-order valence-corrected chi connectivity index (χ0v) is 17.9. The molecule has 32 heavy (non-hydrogen) atoms. The highest BCUT2D eigenvalue weighted by Gasteiger charge is 2.24. The van der Waals surface area contributed by atoms with Gasteiger partial charge < -0.3 is 25.5 Å². The van der Waals surface area contributed by atoms with Crippen molar-refractivity contribution in [1.29, 1.82) is 0 Å². The summed E-state index contributed by atoms with van der Waals surface area (Å²) < 4.78 is 5.65. The first-order chi connectivity index (χ1) is 15.6. The van der Waals surface area contributed by atoms with Crippen molar-refractivity contribution in [3.8, 4) is 0 Å². The van der Waals surface area contributed by atoms with Gasteiger partial charge in [-0.2, -0.15) is 0 Å². The van der Waals surface area contributed by atoms with Gasteiger partial charge in [0.2, 0.25) is 0 Å². The Morgan fingerprint density at radius 1 is 1.25 bits per heavy atom. The van der Waals surface area contributed by atoms with Crippen LogP contribution in [0, 0.1) is 0 Å². The van der Waals surface area contributed by atoms with E-state index in [1.54, 1.807) is 30.5 Å². The summed E-state index contributed by atoms with van der Waals surface area (Å²) in [6.45, 7) is 3.01. The first-order valence-electron chi connectivity index (χ1n) is 10.8. The number of ketones is 1. The molecule has 1 aliphatic rings. The lowest BCUT2D eigenvalue weighted by Gasteiger charge is -2.29. The topological polar surface area (TPSA) is 129 Å². The Morgan fingerprint density at radius 2 is 2.09 bits per heavy atom. The zero-order valence-electron chi connectivity index (χ0n) is 17.9. The van der Waals surface area contributed by atoms with Gasteiger partial charge in [0.25, 0.3) is 5.91 Å². The van der Waals surface area contributed by atoms with Crippen LogP contribution in [-0.2, 0) is 4.74 Å². The van der Waals surface area contributed by atoms with E-state index in [0.29, 0.717) is 46.7 Å². The molecule has 0 aliphatic carbocycles. The second kappa shape index (κ2) is 9.88. The predicted molar refractivity (Wildman–Crippen MR) is 120 cm³/mol. The van der Waals surface area contributed by atoms with Crippen LogP contribution in [0.1, 0.15) is 52.5 Å². The maximum absolute atomic E-state index is 13.3. The van der Waals surface area contributed by atoms with Crippen LogP contribution in [-0.4, -0.2) is 63.7 Å². The number of nitrogens with zero attached hydrogens (tertiary/aromatic N) is 2. The Labute approximate surface area is 185 Å². The number of aromatic amines is 1. The third-order valence-electron chi connectivity index (χ3n) is 5.55. The minimum absolute atomic E-state index is 0.0104. The van der Waals surface area contributed by atoms with Crippen LogP contribution in [0.4, 0.5) is 5.82 Å². The number of fused-ring (bicyclic) bond motifs is 1. The Morgan fingerprint density at radius 3 is 2.84 bits per heavy atom. The van der Waals surface area contributed by atoms with Crippen molar-refractivity contribution < 1.29 is 19.4 Å². The molecule has 0 bridgehead atoms. The van der Waals surface area contributed by atoms with Gasteiger partial charge in [-0.1, -0.05) is 19.1 Å². The second-order valence-electron chi connectivity index (χ2n) is 7.87. The molecule has 4 rings (SSSR count). The fraction of sp³-hybridized carbons (Fsp3) is 0.391. The molecule has 3 aromatic rings. The number of H-pyrrole nitrogens is 1. The molecule has 168 valence electrons. The lowest BCUT2D eigenvalue weighted by atomic mass is 10.0. The number of aromatic nitrogens is 3. The number of carbonyl (C=O) groups is 2. The average molecular weight is 438 g/mol. The normalized spacial score (nSPS) is 18.4. The van der Waals surface area contributed by atoms with Crippen molar-refractivity contribution in [3.63, 3.8) is 0 Å². The summed E-state index contributed by atoms with van der Waals surface area (Å²) in [4.78, 5) is 37.3. The number of carbonyl (C=O) groups excluding carboxylic acids is 2. The molecule has 4 N–H and O–H groups in total.